The number of urea groups is 1. The quantitative estimate of drug-likeness (QED) is 0.796. The SMILES string of the molecule is CC(C)n1cc(CC2NC(=O)N(Cc3ncccn3)C2=O)nn1. The first-order chi connectivity index (χ1) is 11.0. The molecule has 1 unspecified atom stereocenters. The minimum atomic E-state index is -0.636. The van der Waals surface area contributed by atoms with Gasteiger partial charge in [0.15, 0.2) is 0 Å². The number of amides is 3. The average molecular weight is 315 g/mol. The molecule has 1 fully saturated rings. The van der Waals surface area contributed by atoms with E-state index in [1.54, 1.807) is 29.3 Å². The first-order valence-electron chi connectivity index (χ1n) is 7.33. The smallest absolute Gasteiger partial charge is 0.325 e. The zero-order chi connectivity index (χ0) is 16.4. The summed E-state index contributed by atoms with van der Waals surface area (Å²) in [7, 11) is 0. The van der Waals surface area contributed by atoms with Gasteiger partial charge < -0.3 is 5.32 Å². The molecule has 0 aromatic carbocycles. The lowest BCUT2D eigenvalue weighted by molar-refractivity contribution is -0.127. The summed E-state index contributed by atoms with van der Waals surface area (Å²) in [6, 6.07) is 0.792. The Balaban J connectivity index is 1.68. The molecule has 1 N–H and O–H groups in total. The van der Waals surface area contributed by atoms with Crippen molar-refractivity contribution in [2.24, 2.45) is 0 Å². The Bertz CT molecular complexity index is 713. The second kappa shape index (κ2) is 6.11. The summed E-state index contributed by atoms with van der Waals surface area (Å²) in [5, 5.41) is 10.7. The number of hydrogen-bond donors (Lipinski definition) is 1. The summed E-state index contributed by atoms with van der Waals surface area (Å²) < 4.78 is 1.71. The normalized spacial score (nSPS) is 17.9. The first-order valence-corrected chi connectivity index (χ1v) is 7.33. The van der Waals surface area contributed by atoms with Crippen LogP contribution in [0.2, 0.25) is 0 Å². The second-order valence-electron chi connectivity index (χ2n) is 5.58. The highest BCUT2D eigenvalue weighted by Gasteiger charge is 2.38. The third-order valence-corrected chi connectivity index (χ3v) is 3.53. The molecule has 2 aromatic rings. The second-order valence-corrected chi connectivity index (χ2v) is 5.58. The zero-order valence-corrected chi connectivity index (χ0v) is 12.9. The van der Waals surface area contributed by atoms with E-state index >= 15 is 0 Å². The lowest BCUT2D eigenvalue weighted by atomic mass is 10.1. The largest absolute Gasteiger partial charge is 0.325 e. The third-order valence-electron chi connectivity index (χ3n) is 3.53. The van der Waals surface area contributed by atoms with E-state index in [0.29, 0.717) is 17.9 Å². The van der Waals surface area contributed by atoms with Gasteiger partial charge >= 0.3 is 6.03 Å². The fourth-order valence-corrected chi connectivity index (χ4v) is 2.29. The van der Waals surface area contributed by atoms with Crippen LogP contribution in [-0.2, 0) is 17.8 Å². The Kier molecular flexibility index (Phi) is 4.00. The van der Waals surface area contributed by atoms with Crippen LogP contribution in [0.5, 0.6) is 0 Å². The van der Waals surface area contributed by atoms with Crippen LogP contribution in [0.25, 0.3) is 0 Å². The molecule has 3 rings (SSSR count). The Morgan fingerprint density at radius 3 is 2.65 bits per heavy atom. The summed E-state index contributed by atoms with van der Waals surface area (Å²) in [6.45, 7) is 4.03. The average Bonchev–Trinajstić information content (AvgIpc) is 3.10. The zero-order valence-electron chi connectivity index (χ0n) is 12.9. The maximum atomic E-state index is 12.4. The van der Waals surface area contributed by atoms with Crippen LogP contribution in [0.15, 0.2) is 24.7 Å². The summed E-state index contributed by atoms with van der Waals surface area (Å²) in [5.41, 5.74) is 0.662. The Morgan fingerprint density at radius 1 is 1.26 bits per heavy atom. The standard InChI is InChI=1S/C14H17N7O2/c1-9(2)21-7-10(18-19-21)6-11-13(22)20(14(23)17-11)8-12-15-4-3-5-16-12/h3-5,7,9,11H,6,8H2,1-2H3,(H,17,23). The minimum Gasteiger partial charge on any atom is -0.325 e. The van der Waals surface area contributed by atoms with Gasteiger partial charge in [-0.25, -0.2) is 19.4 Å². The van der Waals surface area contributed by atoms with E-state index in [2.05, 4.69) is 25.6 Å². The molecule has 0 saturated carbocycles. The fraction of sp³-hybridized carbons (Fsp3) is 0.429. The number of imide groups is 1. The molecule has 1 atom stereocenters. The Labute approximate surface area is 132 Å². The minimum absolute atomic E-state index is 0.0562. The number of aromatic nitrogens is 5. The fourth-order valence-electron chi connectivity index (χ4n) is 2.29. The van der Waals surface area contributed by atoms with Crippen molar-refractivity contribution in [3.63, 3.8) is 0 Å². The van der Waals surface area contributed by atoms with Crippen molar-refractivity contribution >= 4 is 11.9 Å². The summed E-state index contributed by atoms with van der Waals surface area (Å²) in [4.78, 5) is 33.6. The van der Waals surface area contributed by atoms with Crippen LogP contribution < -0.4 is 5.32 Å². The lowest BCUT2D eigenvalue weighted by Gasteiger charge is -2.11. The van der Waals surface area contributed by atoms with E-state index < -0.39 is 12.1 Å². The third kappa shape index (κ3) is 3.17. The van der Waals surface area contributed by atoms with Crippen LogP contribution in [0.1, 0.15) is 31.4 Å². The van der Waals surface area contributed by atoms with E-state index in [1.807, 2.05) is 13.8 Å². The molecule has 3 amide bonds. The van der Waals surface area contributed by atoms with Gasteiger partial charge in [0.2, 0.25) is 0 Å². The molecule has 9 heteroatoms. The van der Waals surface area contributed by atoms with Crippen molar-refractivity contribution in [1.29, 1.82) is 0 Å². The molecule has 3 heterocycles. The van der Waals surface area contributed by atoms with Gasteiger partial charge in [0.25, 0.3) is 5.91 Å². The molecule has 0 aliphatic carbocycles. The van der Waals surface area contributed by atoms with Crippen molar-refractivity contribution in [2.75, 3.05) is 0 Å². The van der Waals surface area contributed by atoms with Gasteiger partial charge in [-0.15, -0.1) is 5.10 Å². The number of carbonyl (C=O) groups excluding carboxylic acids is 2. The predicted molar refractivity (Wildman–Crippen MR) is 79.0 cm³/mol. The van der Waals surface area contributed by atoms with Crippen molar-refractivity contribution in [3.8, 4) is 0 Å². The summed E-state index contributed by atoms with van der Waals surface area (Å²) in [6.07, 6.45) is 5.24. The van der Waals surface area contributed by atoms with Crippen molar-refractivity contribution < 1.29 is 9.59 Å². The van der Waals surface area contributed by atoms with Gasteiger partial charge in [-0.3, -0.25) is 9.69 Å². The van der Waals surface area contributed by atoms with Crippen LogP contribution >= 0.6 is 0 Å². The molecule has 0 radical (unpaired) electrons. The van der Waals surface area contributed by atoms with E-state index in [-0.39, 0.29) is 18.5 Å². The predicted octanol–water partition coefficient (Wildman–Crippen LogP) is 0.312. The molecule has 9 nitrogen and oxygen atoms in total. The van der Waals surface area contributed by atoms with Crippen LogP contribution in [-0.4, -0.2) is 47.8 Å². The number of carbonyl (C=O) groups is 2. The van der Waals surface area contributed by atoms with Gasteiger partial charge in [0, 0.05) is 31.1 Å². The van der Waals surface area contributed by atoms with E-state index in [4.69, 9.17) is 0 Å². The number of hydrogen-bond acceptors (Lipinski definition) is 6. The number of rotatable bonds is 5. The highest BCUT2D eigenvalue weighted by molar-refractivity contribution is 6.04. The highest BCUT2D eigenvalue weighted by Crippen LogP contribution is 2.13. The first kappa shape index (κ1) is 15.1. The molecule has 23 heavy (non-hydrogen) atoms. The molecular weight excluding hydrogens is 298 g/mol. The van der Waals surface area contributed by atoms with Gasteiger partial charge in [-0.2, -0.15) is 0 Å². The van der Waals surface area contributed by atoms with Crippen LogP contribution in [0.4, 0.5) is 4.79 Å². The number of nitrogens with one attached hydrogen (secondary N) is 1. The maximum absolute atomic E-state index is 12.4. The molecule has 0 bridgehead atoms. The van der Waals surface area contributed by atoms with E-state index in [1.165, 1.54) is 0 Å². The number of nitrogens with zero attached hydrogens (tertiary/aromatic N) is 6. The molecule has 0 spiro atoms. The molecule has 1 aliphatic rings. The summed E-state index contributed by atoms with van der Waals surface area (Å²) >= 11 is 0. The molecule has 1 saturated heterocycles. The molecule has 2 aromatic heterocycles. The monoisotopic (exact) mass is 315 g/mol. The van der Waals surface area contributed by atoms with E-state index in [9.17, 15) is 9.59 Å². The van der Waals surface area contributed by atoms with Crippen molar-refractivity contribution in [3.05, 3.63) is 36.2 Å². The van der Waals surface area contributed by atoms with Gasteiger partial charge in [0.05, 0.1) is 12.2 Å². The van der Waals surface area contributed by atoms with Gasteiger partial charge in [-0.1, -0.05) is 5.21 Å². The Morgan fingerprint density at radius 2 is 2.00 bits per heavy atom. The Hall–Kier alpha value is -2.84. The van der Waals surface area contributed by atoms with Crippen molar-refractivity contribution in [1.82, 2.24) is 35.2 Å². The lowest BCUT2D eigenvalue weighted by Crippen LogP contribution is -2.32. The van der Waals surface area contributed by atoms with Gasteiger partial charge in [0.1, 0.15) is 11.9 Å². The molecule has 120 valence electrons. The van der Waals surface area contributed by atoms with Crippen LogP contribution in [0, 0.1) is 0 Å². The van der Waals surface area contributed by atoms with Gasteiger partial charge in [-0.05, 0) is 19.9 Å². The topological polar surface area (TPSA) is 106 Å². The molecular formula is C14H17N7O2. The maximum Gasteiger partial charge on any atom is 0.325 e. The summed E-state index contributed by atoms with van der Waals surface area (Å²) in [5.74, 6) is 0.115. The highest BCUT2D eigenvalue weighted by atomic mass is 16.2. The van der Waals surface area contributed by atoms with E-state index in [0.717, 1.165) is 4.90 Å². The molecule has 1 aliphatic heterocycles. The van der Waals surface area contributed by atoms with Crippen LogP contribution in [0.3, 0.4) is 0 Å². The van der Waals surface area contributed by atoms with Crippen molar-refractivity contribution in [2.45, 2.75) is 38.9 Å².